The summed E-state index contributed by atoms with van der Waals surface area (Å²) in [6.07, 6.45) is 6.06. The van der Waals surface area contributed by atoms with Gasteiger partial charge in [-0.15, -0.1) is 0 Å². The van der Waals surface area contributed by atoms with Crippen molar-refractivity contribution >= 4 is 19.9 Å². The first-order valence-electron chi connectivity index (χ1n) is 9.81. The van der Waals surface area contributed by atoms with Gasteiger partial charge < -0.3 is 4.74 Å². The van der Waals surface area contributed by atoms with Crippen molar-refractivity contribution in [1.29, 1.82) is 0 Å². The van der Waals surface area contributed by atoms with E-state index in [1.165, 1.54) is 9.87 Å². The summed E-state index contributed by atoms with van der Waals surface area (Å²) in [5.41, 5.74) is 2.34. The van der Waals surface area contributed by atoms with Crippen LogP contribution in [0.2, 0.25) is 0 Å². The van der Waals surface area contributed by atoms with Gasteiger partial charge in [0.15, 0.2) is 9.84 Å². The van der Waals surface area contributed by atoms with E-state index < -0.39 is 25.9 Å². The topological polar surface area (TPSA) is 80.8 Å². The molecule has 2 fully saturated rings. The number of hydrogen-bond acceptors (Lipinski definition) is 5. The van der Waals surface area contributed by atoms with Crippen molar-refractivity contribution in [3.05, 3.63) is 29.3 Å². The van der Waals surface area contributed by atoms with Gasteiger partial charge in [0.05, 0.1) is 22.5 Å². The first-order valence-corrected chi connectivity index (χ1v) is 13.1. The van der Waals surface area contributed by atoms with E-state index in [9.17, 15) is 16.8 Å². The van der Waals surface area contributed by atoms with Crippen LogP contribution in [-0.4, -0.2) is 57.9 Å². The summed E-state index contributed by atoms with van der Waals surface area (Å²) < 4.78 is 58.0. The van der Waals surface area contributed by atoms with E-state index in [-0.39, 0.29) is 29.0 Å². The highest BCUT2D eigenvalue weighted by Crippen LogP contribution is 2.30. The van der Waals surface area contributed by atoms with Crippen molar-refractivity contribution in [2.24, 2.45) is 0 Å². The Morgan fingerprint density at radius 2 is 1.85 bits per heavy atom. The second-order valence-electron chi connectivity index (χ2n) is 7.90. The number of hydrogen-bond donors (Lipinski definition) is 0. The Morgan fingerprint density at radius 1 is 1.07 bits per heavy atom. The Balaban J connectivity index is 1.66. The maximum Gasteiger partial charge on any atom is 0.243 e. The highest BCUT2D eigenvalue weighted by molar-refractivity contribution is 7.92. The molecule has 0 saturated carbocycles. The lowest BCUT2D eigenvalue weighted by molar-refractivity contribution is 0.0877. The van der Waals surface area contributed by atoms with E-state index in [2.05, 4.69) is 0 Å². The molecule has 0 N–H and O–H groups in total. The Labute approximate surface area is 161 Å². The number of nitrogens with zero attached hydrogens (tertiary/aromatic N) is 1. The molecular formula is C19H27NO5S2. The van der Waals surface area contributed by atoms with Crippen molar-refractivity contribution in [3.63, 3.8) is 0 Å². The van der Waals surface area contributed by atoms with Gasteiger partial charge in [0, 0.05) is 19.2 Å². The number of benzene rings is 1. The van der Waals surface area contributed by atoms with E-state index in [0.29, 0.717) is 13.0 Å². The zero-order valence-electron chi connectivity index (χ0n) is 15.5. The monoisotopic (exact) mass is 413 g/mol. The van der Waals surface area contributed by atoms with E-state index in [1.807, 2.05) is 6.07 Å². The van der Waals surface area contributed by atoms with Gasteiger partial charge in [0.1, 0.15) is 0 Å². The fourth-order valence-corrected chi connectivity index (χ4v) is 8.00. The second kappa shape index (κ2) is 7.46. The molecule has 1 aromatic carbocycles. The van der Waals surface area contributed by atoms with Crippen molar-refractivity contribution in [2.45, 2.75) is 62.0 Å². The predicted octanol–water partition coefficient (Wildman–Crippen LogP) is 1.92. The van der Waals surface area contributed by atoms with Gasteiger partial charge in [-0.1, -0.05) is 6.07 Å². The lowest BCUT2D eigenvalue weighted by Gasteiger charge is -2.30. The molecular weight excluding hydrogens is 386 g/mol. The summed E-state index contributed by atoms with van der Waals surface area (Å²) in [4.78, 5) is 0.283. The van der Waals surface area contributed by atoms with E-state index in [0.717, 1.165) is 44.1 Å². The number of sulfonamides is 1. The number of rotatable bonds is 5. The molecule has 0 unspecified atom stereocenters. The van der Waals surface area contributed by atoms with E-state index in [1.54, 1.807) is 12.1 Å². The summed E-state index contributed by atoms with van der Waals surface area (Å²) in [7, 11) is -6.94. The van der Waals surface area contributed by atoms with Crippen molar-refractivity contribution in [3.8, 4) is 0 Å². The molecule has 2 aliphatic heterocycles. The molecule has 6 nitrogen and oxygen atoms in total. The summed E-state index contributed by atoms with van der Waals surface area (Å²) in [5.74, 6) is -0.0384. The molecule has 0 aromatic heterocycles. The zero-order chi connectivity index (χ0) is 19.1. The minimum absolute atomic E-state index is 0.0550. The standard InChI is InChI=1S/C19H27NO5S2/c21-26(22)11-9-17(14-26)20(13-18-6-3-10-25-18)27(23,24)19-8-7-15-4-1-2-5-16(15)12-19/h7-8,12,17-18H,1-6,9-11,13-14H2/t17-,18+/m1/s1. The number of sulfone groups is 1. The molecule has 2 atom stereocenters. The average molecular weight is 414 g/mol. The maximum absolute atomic E-state index is 13.5. The summed E-state index contributed by atoms with van der Waals surface area (Å²) in [6.45, 7) is 0.875. The van der Waals surface area contributed by atoms with Gasteiger partial charge in [-0.2, -0.15) is 4.31 Å². The SMILES string of the molecule is O=S1(=O)CC[C@@H](N(C[C@@H]2CCCO2)S(=O)(=O)c2ccc3c(c2)CCCC3)C1. The van der Waals surface area contributed by atoms with Crippen LogP contribution in [0.3, 0.4) is 0 Å². The molecule has 1 aromatic rings. The molecule has 3 aliphatic rings. The normalized spacial score (nSPS) is 27.7. The van der Waals surface area contributed by atoms with Crippen LogP contribution in [0.25, 0.3) is 0 Å². The van der Waals surface area contributed by atoms with Gasteiger partial charge in [-0.05, 0) is 68.2 Å². The predicted molar refractivity (Wildman–Crippen MR) is 103 cm³/mol. The third-order valence-corrected chi connectivity index (χ3v) is 9.61. The molecule has 2 heterocycles. The van der Waals surface area contributed by atoms with Crippen LogP contribution in [0.1, 0.15) is 43.2 Å². The highest BCUT2D eigenvalue weighted by Gasteiger charge is 2.40. The first kappa shape index (κ1) is 19.4. The fourth-order valence-electron chi connectivity index (χ4n) is 4.44. The molecule has 0 radical (unpaired) electrons. The van der Waals surface area contributed by atoms with Gasteiger partial charge in [0.25, 0.3) is 0 Å². The molecule has 8 heteroatoms. The fraction of sp³-hybridized carbons (Fsp3) is 0.684. The Bertz CT molecular complexity index is 904. The van der Waals surface area contributed by atoms with Gasteiger partial charge in [-0.3, -0.25) is 0 Å². The Hall–Kier alpha value is -0.960. The molecule has 0 amide bonds. The average Bonchev–Trinajstić information content (AvgIpc) is 3.28. The van der Waals surface area contributed by atoms with Crippen LogP contribution in [-0.2, 0) is 37.4 Å². The second-order valence-corrected chi connectivity index (χ2v) is 12.0. The van der Waals surface area contributed by atoms with E-state index in [4.69, 9.17) is 4.74 Å². The molecule has 4 rings (SSSR count). The smallest absolute Gasteiger partial charge is 0.243 e. The van der Waals surface area contributed by atoms with Gasteiger partial charge in [0.2, 0.25) is 10.0 Å². The van der Waals surface area contributed by atoms with E-state index >= 15 is 0 Å². The summed E-state index contributed by atoms with van der Waals surface area (Å²) in [5, 5.41) is 0. The van der Waals surface area contributed by atoms with Gasteiger partial charge in [-0.25, -0.2) is 16.8 Å². The third kappa shape index (κ3) is 4.09. The zero-order valence-corrected chi connectivity index (χ0v) is 17.1. The van der Waals surface area contributed by atoms with Crippen LogP contribution >= 0.6 is 0 Å². The molecule has 0 spiro atoms. The summed E-state index contributed by atoms with van der Waals surface area (Å²) >= 11 is 0. The minimum atomic E-state index is -3.77. The van der Waals surface area contributed by atoms with Crippen LogP contribution in [0.4, 0.5) is 0 Å². The molecule has 150 valence electrons. The summed E-state index contributed by atoms with van der Waals surface area (Å²) in [6, 6.07) is 4.92. The van der Waals surface area contributed by atoms with Crippen LogP contribution < -0.4 is 0 Å². The van der Waals surface area contributed by atoms with Crippen LogP contribution in [0, 0.1) is 0 Å². The van der Waals surface area contributed by atoms with Crippen molar-refractivity contribution in [1.82, 2.24) is 4.31 Å². The maximum atomic E-state index is 13.5. The first-order chi connectivity index (χ1) is 12.9. The molecule has 1 aliphatic carbocycles. The number of aryl methyl sites for hydroxylation is 2. The number of fused-ring (bicyclic) bond motifs is 1. The number of ether oxygens (including phenoxy) is 1. The highest BCUT2D eigenvalue weighted by atomic mass is 32.2. The Morgan fingerprint density at radius 3 is 2.52 bits per heavy atom. The van der Waals surface area contributed by atoms with Crippen LogP contribution in [0.5, 0.6) is 0 Å². The minimum Gasteiger partial charge on any atom is -0.377 e. The van der Waals surface area contributed by atoms with Gasteiger partial charge >= 0.3 is 0 Å². The molecule has 0 bridgehead atoms. The molecule has 2 saturated heterocycles. The van der Waals surface area contributed by atoms with Crippen molar-refractivity contribution in [2.75, 3.05) is 24.7 Å². The largest absolute Gasteiger partial charge is 0.377 e. The third-order valence-electron chi connectivity index (χ3n) is 5.95. The lowest BCUT2D eigenvalue weighted by Crippen LogP contribution is -2.45. The van der Waals surface area contributed by atoms with Crippen molar-refractivity contribution < 1.29 is 21.6 Å². The lowest BCUT2D eigenvalue weighted by atomic mass is 9.92. The molecule has 27 heavy (non-hydrogen) atoms. The Kier molecular flexibility index (Phi) is 5.35. The van der Waals surface area contributed by atoms with Crippen LogP contribution in [0.15, 0.2) is 23.1 Å². The quantitative estimate of drug-likeness (QED) is 0.737.